The van der Waals surface area contributed by atoms with Gasteiger partial charge in [0.1, 0.15) is 0 Å². The number of rotatable bonds is 8. The number of nitrogens with zero attached hydrogens (tertiary/aromatic N) is 1. The smallest absolute Gasteiger partial charge is 0.236 e. The molecule has 148 valence electrons. The SMILES string of the molecule is CC(C)=CCCC(C)=CCCC(C)=CCN1C(=O)C2C3CCC(O3)C2C1=O. The lowest BCUT2D eigenvalue weighted by molar-refractivity contribution is -0.141. The molecule has 4 unspecified atom stereocenters. The molecule has 2 bridgehead atoms. The van der Waals surface area contributed by atoms with Crippen molar-refractivity contribution in [3.8, 4) is 0 Å². The normalized spacial score (nSPS) is 30.3. The first-order valence-corrected chi connectivity index (χ1v) is 10.3. The lowest BCUT2D eigenvalue weighted by Crippen LogP contribution is -2.34. The Kier molecular flexibility index (Phi) is 6.36. The van der Waals surface area contributed by atoms with Crippen LogP contribution < -0.4 is 0 Å². The van der Waals surface area contributed by atoms with Gasteiger partial charge in [0.15, 0.2) is 0 Å². The molecule has 3 rings (SSSR count). The van der Waals surface area contributed by atoms with Gasteiger partial charge in [-0.05, 0) is 66.2 Å². The van der Waals surface area contributed by atoms with Crippen LogP contribution >= 0.6 is 0 Å². The summed E-state index contributed by atoms with van der Waals surface area (Å²) >= 11 is 0. The van der Waals surface area contributed by atoms with Crippen molar-refractivity contribution in [3.05, 3.63) is 34.9 Å². The van der Waals surface area contributed by atoms with E-state index < -0.39 is 0 Å². The zero-order valence-corrected chi connectivity index (χ0v) is 17.2. The predicted molar refractivity (Wildman–Crippen MR) is 107 cm³/mol. The molecule has 4 atom stereocenters. The third kappa shape index (κ3) is 4.43. The molecule has 0 spiro atoms. The van der Waals surface area contributed by atoms with Gasteiger partial charge < -0.3 is 4.74 Å². The second-order valence-electron chi connectivity index (χ2n) is 8.59. The Morgan fingerprint density at radius 3 is 1.96 bits per heavy atom. The molecule has 0 radical (unpaired) electrons. The van der Waals surface area contributed by atoms with Crippen LogP contribution in [0.5, 0.6) is 0 Å². The standard InChI is InChI=1S/C23H33NO3/c1-15(2)7-5-8-16(3)9-6-10-17(4)13-14-24-22(25)20-18-11-12-19(27-18)21(20)23(24)26/h7,9,13,18-21H,5-6,8,10-12,14H2,1-4H3. The van der Waals surface area contributed by atoms with Crippen molar-refractivity contribution in [1.29, 1.82) is 0 Å². The Morgan fingerprint density at radius 2 is 1.41 bits per heavy atom. The maximum atomic E-state index is 12.6. The third-order valence-corrected chi connectivity index (χ3v) is 6.12. The number of likely N-dealkylation sites (tertiary alicyclic amines) is 1. The lowest BCUT2D eigenvalue weighted by atomic mass is 9.81. The maximum absolute atomic E-state index is 12.6. The van der Waals surface area contributed by atoms with E-state index in [0.29, 0.717) is 6.54 Å². The molecule has 0 aromatic rings. The number of carbonyl (C=O) groups excluding carboxylic acids is 2. The van der Waals surface area contributed by atoms with Crippen molar-refractivity contribution < 1.29 is 14.3 Å². The van der Waals surface area contributed by atoms with Gasteiger partial charge in [0, 0.05) is 6.54 Å². The summed E-state index contributed by atoms with van der Waals surface area (Å²) in [6.45, 7) is 8.96. The number of fused-ring (bicyclic) bond motifs is 5. The average Bonchev–Trinajstić information content (AvgIpc) is 3.27. The predicted octanol–water partition coefficient (Wildman–Crippen LogP) is 4.57. The van der Waals surface area contributed by atoms with Gasteiger partial charge in [-0.3, -0.25) is 14.5 Å². The Morgan fingerprint density at radius 1 is 0.889 bits per heavy atom. The number of carbonyl (C=O) groups is 2. The van der Waals surface area contributed by atoms with Gasteiger partial charge in [-0.25, -0.2) is 0 Å². The van der Waals surface area contributed by atoms with Crippen LogP contribution in [0, 0.1) is 11.8 Å². The van der Waals surface area contributed by atoms with E-state index in [1.807, 2.05) is 6.08 Å². The van der Waals surface area contributed by atoms with Gasteiger partial charge in [0.25, 0.3) is 0 Å². The summed E-state index contributed by atoms with van der Waals surface area (Å²) in [6.07, 6.45) is 12.6. The van der Waals surface area contributed by atoms with Crippen molar-refractivity contribution in [2.45, 2.75) is 78.4 Å². The van der Waals surface area contributed by atoms with E-state index in [1.165, 1.54) is 21.6 Å². The summed E-state index contributed by atoms with van der Waals surface area (Å²) in [5, 5.41) is 0. The van der Waals surface area contributed by atoms with Crippen LogP contribution in [-0.2, 0) is 14.3 Å². The minimum absolute atomic E-state index is 0.0173. The van der Waals surface area contributed by atoms with Crippen LogP contribution in [0.25, 0.3) is 0 Å². The molecule has 0 aromatic heterocycles. The quantitative estimate of drug-likeness (QED) is 0.464. The fourth-order valence-corrected chi connectivity index (χ4v) is 4.54. The van der Waals surface area contributed by atoms with Gasteiger partial charge in [-0.2, -0.15) is 0 Å². The molecule has 0 saturated carbocycles. The molecule has 2 amide bonds. The molecule has 27 heavy (non-hydrogen) atoms. The zero-order valence-electron chi connectivity index (χ0n) is 17.2. The number of ether oxygens (including phenoxy) is 1. The fraction of sp³-hybridized carbons (Fsp3) is 0.652. The van der Waals surface area contributed by atoms with Crippen molar-refractivity contribution in [3.63, 3.8) is 0 Å². The van der Waals surface area contributed by atoms with Crippen molar-refractivity contribution in [2.75, 3.05) is 6.54 Å². The lowest BCUT2D eigenvalue weighted by Gasteiger charge is -2.16. The molecule has 0 aliphatic carbocycles. The van der Waals surface area contributed by atoms with Crippen molar-refractivity contribution in [2.24, 2.45) is 11.8 Å². The van der Waals surface area contributed by atoms with Gasteiger partial charge >= 0.3 is 0 Å². The van der Waals surface area contributed by atoms with E-state index in [1.54, 1.807) is 0 Å². The molecule has 0 aromatic carbocycles. The molecule has 3 heterocycles. The second-order valence-corrected chi connectivity index (χ2v) is 8.59. The minimum atomic E-state index is -0.212. The molecular weight excluding hydrogens is 338 g/mol. The summed E-state index contributed by atoms with van der Waals surface area (Å²) in [5.74, 6) is -0.458. The first kappa shape index (κ1) is 20.1. The van der Waals surface area contributed by atoms with Crippen LogP contribution in [0.1, 0.15) is 66.2 Å². The fourth-order valence-electron chi connectivity index (χ4n) is 4.54. The highest BCUT2D eigenvalue weighted by Crippen LogP contribution is 2.48. The Hall–Kier alpha value is -1.68. The minimum Gasteiger partial charge on any atom is -0.373 e. The van der Waals surface area contributed by atoms with Crippen molar-refractivity contribution in [1.82, 2.24) is 4.90 Å². The average molecular weight is 372 g/mol. The monoisotopic (exact) mass is 371 g/mol. The number of hydrogen-bond acceptors (Lipinski definition) is 3. The summed E-state index contributed by atoms with van der Waals surface area (Å²) in [6, 6.07) is 0. The van der Waals surface area contributed by atoms with Crippen LogP contribution in [0.4, 0.5) is 0 Å². The van der Waals surface area contributed by atoms with Gasteiger partial charge in [-0.1, -0.05) is 34.9 Å². The molecule has 3 fully saturated rings. The first-order chi connectivity index (χ1) is 12.9. The van der Waals surface area contributed by atoms with Crippen LogP contribution in [0.3, 0.4) is 0 Å². The second kappa shape index (κ2) is 8.55. The topological polar surface area (TPSA) is 46.6 Å². The van der Waals surface area contributed by atoms with E-state index in [-0.39, 0.29) is 35.9 Å². The molecule has 3 aliphatic rings. The van der Waals surface area contributed by atoms with E-state index in [9.17, 15) is 9.59 Å². The largest absolute Gasteiger partial charge is 0.373 e. The molecule has 0 N–H and O–H groups in total. The Labute approximate surface area is 163 Å². The van der Waals surface area contributed by atoms with Crippen LogP contribution in [0.2, 0.25) is 0 Å². The van der Waals surface area contributed by atoms with E-state index >= 15 is 0 Å². The first-order valence-electron chi connectivity index (χ1n) is 10.3. The number of amides is 2. The van der Waals surface area contributed by atoms with E-state index in [2.05, 4.69) is 39.8 Å². The summed E-state index contributed by atoms with van der Waals surface area (Å²) < 4.78 is 5.78. The van der Waals surface area contributed by atoms with Crippen LogP contribution in [-0.4, -0.2) is 35.5 Å². The maximum Gasteiger partial charge on any atom is 0.236 e. The summed E-state index contributed by atoms with van der Waals surface area (Å²) in [4.78, 5) is 26.7. The van der Waals surface area contributed by atoms with Crippen molar-refractivity contribution >= 4 is 11.8 Å². The summed E-state index contributed by atoms with van der Waals surface area (Å²) in [7, 11) is 0. The van der Waals surface area contributed by atoms with E-state index in [0.717, 1.165) is 38.5 Å². The molecule has 3 aliphatic heterocycles. The molecule has 4 heteroatoms. The number of hydrogen-bond donors (Lipinski definition) is 0. The molecule has 3 saturated heterocycles. The highest BCUT2D eigenvalue weighted by Gasteiger charge is 2.62. The Balaban J connectivity index is 1.46. The highest BCUT2D eigenvalue weighted by molar-refractivity contribution is 6.06. The number of imide groups is 1. The van der Waals surface area contributed by atoms with Gasteiger partial charge in [-0.15, -0.1) is 0 Å². The van der Waals surface area contributed by atoms with E-state index in [4.69, 9.17) is 4.74 Å². The zero-order chi connectivity index (χ0) is 19.6. The van der Waals surface area contributed by atoms with Gasteiger partial charge in [0.2, 0.25) is 11.8 Å². The molecule has 4 nitrogen and oxygen atoms in total. The number of allylic oxidation sites excluding steroid dienone is 5. The van der Waals surface area contributed by atoms with Gasteiger partial charge in [0.05, 0.1) is 24.0 Å². The highest BCUT2D eigenvalue weighted by atomic mass is 16.5. The Bertz CT molecular complexity index is 656. The third-order valence-electron chi connectivity index (χ3n) is 6.12. The summed E-state index contributed by atoms with van der Waals surface area (Å²) in [5.41, 5.74) is 4.03. The molecular formula is C23H33NO3. The van der Waals surface area contributed by atoms with Crippen LogP contribution in [0.15, 0.2) is 34.9 Å².